The Labute approximate surface area is 278 Å². The highest BCUT2D eigenvalue weighted by Crippen LogP contribution is 2.42. The molecule has 2 heteroatoms. The van der Waals surface area contributed by atoms with E-state index in [1.54, 1.807) is 0 Å². The van der Waals surface area contributed by atoms with Gasteiger partial charge in [-0.05, 0) is 74.6 Å². The van der Waals surface area contributed by atoms with Crippen LogP contribution in [-0.2, 0) is 0 Å². The quantitative estimate of drug-likeness (QED) is 0.175. The third-order valence-electron chi connectivity index (χ3n) is 9.90. The molecule has 0 unspecified atom stereocenters. The molecule has 0 N–H and O–H groups in total. The molecule has 0 spiro atoms. The van der Waals surface area contributed by atoms with Crippen molar-refractivity contribution in [3.63, 3.8) is 0 Å². The Hall–Kier alpha value is -6.38. The van der Waals surface area contributed by atoms with Crippen LogP contribution in [0.2, 0.25) is 0 Å². The van der Waals surface area contributed by atoms with E-state index in [0.29, 0.717) is 0 Å². The van der Waals surface area contributed by atoms with Gasteiger partial charge in [0, 0.05) is 39.3 Å². The standard InChI is InChI=1S/C46H30N2/c1-3-12-31(13-4-1)43-30-47(36-16-5-2-6-17-36)45-42(43)27-26-41-40-20-9-10-21-44(40)48(46(41)45)37-18-11-15-33(29-37)34-24-25-39-35(28-34)23-22-32-14-7-8-19-38(32)39/h1-30H. The molecule has 2 aromatic heterocycles. The fourth-order valence-electron chi connectivity index (χ4n) is 7.69. The lowest BCUT2D eigenvalue weighted by Gasteiger charge is -2.13. The highest BCUT2D eigenvalue weighted by molar-refractivity contribution is 6.20. The summed E-state index contributed by atoms with van der Waals surface area (Å²) in [6, 6.07) is 63.9. The van der Waals surface area contributed by atoms with E-state index in [0.717, 1.165) is 11.4 Å². The van der Waals surface area contributed by atoms with Gasteiger partial charge < -0.3 is 9.13 Å². The highest BCUT2D eigenvalue weighted by Gasteiger charge is 2.21. The average Bonchev–Trinajstić information content (AvgIpc) is 3.72. The van der Waals surface area contributed by atoms with E-state index in [-0.39, 0.29) is 0 Å². The van der Waals surface area contributed by atoms with Crippen molar-refractivity contribution >= 4 is 54.3 Å². The van der Waals surface area contributed by atoms with Gasteiger partial charge in [0.05, 0.1) is 16.6 Å². The fraction of sp³-hybridized carbons (Fsp3) is 0. The highest BCUT2D eigenvalue weighted by atomic mass is 15.0. The van der Waals surface area contributed by atoms with Gasteiger partial charge in [0.2, 0.25) is 0 Å². The molecule has 224 valence electrons. The average molecular weight is 611 g/mol. The molecule has 10 rings (SSSR count). The Morgan fingerprint density at radius 2 is 0.958 bits per heavy atom. The van der Waals surface area contributed by atoms with Crippen LogP contribution in [0.1, 0.15) is 0 Å². The topological polar surface area (TPSA) is 9.86 Å². The molecule has 10 aromatic rings. The normalized spacial score (nSPS) is 11.8. The lowest BCUT2D eigenvalue weighted by atomic mass is 9.97. The summed E-state index contributed by atoms with van der Waals surface area (Å²) in [6.07, 6.45) is 2.31. The SMILES string of the molecule is c1ccc(-c2cn(-c3ccccc3)c3c2ccc2c4ccccc4n(-c4cccc(-c5ccc6c(ccc7ccccc76)c5)c4)c23)cc1. The monoisotopic (exact) mass is 610 g/mol. The summed E-state index contributed by atoms with van der Waals surface area (Å²) in [7, 11) is 0. The first-order chi connectivity index (χ1) is 23.8. The maximum absolute atomic E-state index is 2.47. The first-order valence-electron chi connectivity index (χ1n) is 16.5. The van der Waals surface area contributed by atoms with Crippen molar-refractivity contribution < 1.29 is 0 Å². The zero-order chi connectivity index (χ0) is 31.6. The van der Waals surface area contributed by atoms with E-state index in [9.17, 15) is 0 Å². The van der Waals surface area contributed by atoms with E-state index in [1.165, 1.54) is 76.5 Å². The van der Waals surface area contributed by atoms with Crippen LogP contribution >= 0.6 is 0 Å². The van der Waals surface area contributed by atoms with Gasteiger partial charge in [-0.15, -0.1) is 0 Å². The molecule has 0 saturated carbocycles. The van der Waals surface area contributed by atoms with Crippen LogP contribution in [0, 0.1) is 0 Å². The van der Waals surface area contributed by atoms with Crippen LogP contribution in [0.5, 0.6) is 0 Å². The van der Waals surface area contributed by atoms with Crippen LogP contribution in [0.15, 0.2) is 182 Å². The van der Waals surface area contributed by atoms with Crippen molar-refractivity contribution in [2.45, 2.75) is 0 Å². The molecule has 0 aliphatic heterocycles. The van der Waals surface area contributed by atoms with Crippen LogP contribution in [0.4, 0.5) is 0 Å². The van der Waals surface area contributed by atoms with Crippen LogP contribution in [0.3, 0.4) is 0 Å². The van der Waals surface area contributed by atoms with Crippen LogP contribution < -0.4 is 0 Å². The summed E-state index contributed by atoms with van der Waals surface area (Å²) >= 11 is 0. The Morgan fingerprint density at radius 3 is 1.83 bits per heavy atom. The maximum Gasteiger partial charge on any atom is 0.0788 e. The lowest BCUT2D eigenvalue weighted by molar-refractivity contribution is 1.12. The van der Waals surface area contributed by atoms with Crippen molar-refractivity contribution in [3.8, 4) is 33.6 Å². The molecule has 8 aromatic carbocycles. The summed E-state index contributed by atoms with van der Waals surface area (Å²) in [6.45, 7) is 0. The minimum absolute atomic E-state index is 1.14. The number of hydrogen-bond donors (Lipinski definition) is 0. The molecule has 0 aliphatic carbocycles. The van der Waals surface area contributed by atoms with Crippen molar-refractivity contribution in [1.82, 2.24) is 9.13 Å². The zero-order valence-electron chi connectivity index (χ0n) is 26.2. The second-order valence-electron chi connectivity index (χ2n) is 12.6. The number of benzene rings is 8. The molecule has 0 bridgehead atoms. The third-order valence-corrected chi connectivity index (χ3v) is 9.90. The van der Waals surface area contributed by atoms with E-state index >= 15 is 0 Å². The smallest absolute Gasteiger partial charge is 0.0788 e. The molecule has 0 aliphatic rings. The van der Waals surface area contributed by atoms with Gasteiger partial charge in [0.1, 0.15) is 0 Å². The minimum atomic E-state index is 1.14. The van der Waals surface area contributed by atoms with Crippen molar-refractivity contribution in [2.24, 2.45) is 0 Å². The van der Waals surface area contributed by atoms with Crippen molar-refractivity contribution in [3.05, 3.63) is 182 Å². The van der Waals surface area contributed by atoms with Crippen LogP contribution in [0.25, 0.3) is 87.9 Å². The number of para-hydroxylation sites is 2. The summed E-state index contributed by atoms with van der Waals surface area (Å²) < 4.78 is 4.85. The van der Waals surface area contributed by atoms with E-state index < -0.39 is 0 Å². The third kappa shape index (κ3) is 4.06. The Morgan fingerprint density at radius 1 is 0.333 bits per heavy atom. The lowest BCUT2D eigenvalue weighted by Crippen LogP contribution is -1.98. The van der Waals surface area contributed by atoms with Gasteiger partial charge in [-0.3, -0.25) is 0 Å². The van der Waals surface area contributed by atoms with Gasteiger partial charge in [0.25, 0.3) is 0 Å². The summed E-state index contributed by atoms with van der Waals surface area (Å²) in [5.74, 6) is 0. The van der Waals surface area contributed by atoms with Gasteiger partial charge >= 0.3 is 0 Å². The van der Waals surface area contributed by atoms with E-state index in [4.69, 9.17) is 0 Å². The number of hydrogen-bond acceptors (Lipinski definition) is 0. The predicted molar refractivity (Wildman–Crippen MR) is 203 cm³/mol. The number of aromatic nitrogens is 2. The maximum atomic E-state index is 2.47. The molecule has 0 saturated heterocycles. The van der Waals surface area contributed by atoms with Crippen LogP contribution in [-0.4, -0.2) is 9.13 Å². The molecular weight excluding hydrogens is 581 g/mol. The summed E-state index contributed by atoms with van der Waals surface area (Å²) in [4.78, 5) is 0. The van der Waals surface area contributed by atoms with Gasteiger partial charge in [-0.25, -0.2) is 0 Å². The summed E-state index contributed by atoms with van der Waals surface area (Å²) in [5, 5.41) is 8.84. The number of nitrogens with zero attached hydrogens (tertiary/aromatic N) is 2. The first kappa shape index (κ1) is 26.8. The molecular formula is C46H30N2. The largest absolute Gasteiger partial charge is 0.314 e. The zero-order valence-corrected chi connectivity index (χ0v) is 26.2. The number of rotatable bonds is 4. The van der Waals surface area contributed by atoms with Gasteiger partial charge in [-0.1, -0.05) is 140 Å². The predicted octanol–water partition coefficient (Wildman–Crippen LogP) is 12.4. The van der Waals surface area contributed by atoms with Gasteiger partial charge in [-0.2, -0.15) is 0 Å². The minimum Gasteiger partial charge on any atom is -0.314 e. The Balaban J connectivity index is 1.25. The van der Waals surface area contributed by atoms with Gasteiger partial charge in [0.15, 0.2) is 0 Å². The van der Waals surface area contributed by atoms with Crippen molar-refractivity contribution in [2.75, 3.05) is 0 Å². The van der Waals surface area contributed by atoms with E-state index in [1.807, 2.05) is 0 Å². The molecule has 48 heavy (non-hydrogen) atoms. The Bertz CT molecular complexity index is 2820. The molecule has 0 atom stereocenters. The van der Waals surface area contributed by atoms with E-state index in [2.05, 4.69) is 191 Å². The second-order valence-corrected chi connectivity index (χ2v) is 12.6. The number of fused-ring (bicyclic) bond motifs is 8. The molecule has 0 radical (unpaired) electrons. The molecule has 2 nitrogen and oxygen atoms in total. The molecule has 0 amide bonds. The molecule has 0 fully saturated rings. The Kier molecular flexibility index (Phi) is 5.91. The second kappa shape index (κ2) is 10.6. The van der Waals surface area contributed by atoms with Crippen molar-refractivity contribution in [1.29, 1.82) is 0 Å². The summed E-state index contributed by atoms with van der Waals surface area (Å²) in [5.41, 5.74) is 10.8. The fourth-order valence-corrected chi connectivity index (χ4v) is 7.69. The molecule has 2 heterocycles. The first-order valence-corrected chi connectivity index (χ1v) is 16.5.